The van der Waals surface area contributed by atoms with Gasteiger partial charge in [-0.3, -0.25) is 0 Å². The van der Waals surface area contributed by atoms with Crippen molar-refractivity contribution in [2.24, 2.45) is 0 Å². The van der Waals surface area contributed by atoms with Gasteiger partial charge in [-0.05, 0) is 26.3 Å². The summed E-state index contributed by atoms with van der Waals surface area (Å²) in [6.07, 6.45) is 1.02. The molecule has 0 bridgehead atoms. The molecule has 0 saturated carbocycles. The molecule has 0 heterocycles. The van der Waals surface area contributed by atoms with Crippen LogP contribution in [0.3, 0.4) is 0 Å². The molecule has 1 unspecified atom stereocenters. The van der Waals surface area contributed by atoms with Gasteiger partial charge in [0, 0.05) is 23.7 Å². The summed E-state index contributed by atoms with van der Waals surface area (Å²) in [5.41, 5.74) is 0.0166. The number of aliphatic hydroxyl groups is 1. The van der Waals surface area contributed by atoms with E-state index in [0.717, 1.165) is 25.0 Å². The van der Waals surface area contributed by atoms with Gasteiger partial charge in [0.1, 0.15) is 11.6 Å². The predicted octanol–water partition coefficient (Wildman–Crippen LogP) is 3.17. The van der Waals surface area contributed by atoms with Crippen molar-refractivity contribution >= 4 is 0 Å². The molecule has 102 valence electrons. The van der Waals surface area contributed by atoms with Crippen LogP contribution in [-0.4, -0.2) is 17.2 Å². The molecule has 2 nitrogen and oxygen atoms in total. The number of hydrogen-bond donors (Lipinski definition) is 2. The molecule has 0 saturated heterocycles. The Morgan fingerprint density at radius 1 is 1.33 bits per heavy atom. The third-order valence-corrected chi connectivity index (χ3v) is 2.97. The standard InChI is InChI=1S/C14H21F2NO/c1-4-7-14(2,3)17-9-13(18)11-6-5-10(15)8-12(11)16/h5-6,8,13,17-18H,4,7,9H2,1-3H3. The molecule has 1 aromatic rings. The predicted molar refractivity (Wildman–Crippen MR) is 68.3 cm³/mol. The van der Waals surface area contributed by atoms with Gasteiger partial charge >= 0.3 is 0 Å². The molecule has 18 heavy (non-hydrogen) atoms. The van der Waals surface area contributed by atoms with Crippen molar-refractivity contribution < 1.29 is 13.9 Å². The van der Waals surface area contributed by atoms with Crippen LogP contribution in [0.5, 0.6) is 0 Å². The molecule has 0 aliphatic carbocycles. The fourth-order valence-electron chi connectivity index (χ4n) is 1.97. The highest BCUT2D eigenvalue weighted by molar-refractivity contribution is 5.21. The van der Waals surface area contributed by atoms with Gasteiger partial charge in [-0.25, -0.2) is 8.78 Å². The van der Waals surface area contributed by atoms with Crippen molar-refractivity contribution in [3.8, 4) is 0 Å². The van der Waals surface area contributed by atoms with Crippen molar-refractivity contribution in [1.29, 1.82) is 0 Å². The zero-order chi connectivity index (χ0) is 13.8. The Morgan fingerprint density at radius 3 is 2.56 bits per heavy atom. The van der Waals surface area contributed by atoms with Crippen LogP contribution >= 0.6 is 0 Å². The summed E-state index contributed by atoms with van der Waals surface area (Å²) in [7, 11) is 0. The lowest BCUT2D eigenvalue weighted by Gasteiger charge is -2.27. The maximum Gasteiger partial charge on any atom is 0.131 e. The molecule has 0 spiro atoms. The summed E-state index contributed by atoms with van der Waals surface area (Å²) in [5, 5.41) is 13.1. The Morgan fingerprint density at radius 2 is 2.00 bits per heavy atom. The van der Waals surface area contributed by atoms with E-state index in [4.69, 9.17) is 0 Å². The highest BCUT2D eigenvalue weighted by Gasteiger charge is 2.19. The number of rotatable bonds is 6. The minimum absolute atomic E-state index is 0.105. The van der Waals surface area contributed by atoms with Gasteiger partial charge in [0.15, 0.2) is 0 Å². The largest absolute Gasteiger partial charge is 0.387 e. The lowest BCUT2D eigenvalue weighted by atomic mass is 9.98. The molecule has 1 rings (SSSR count). The smallest absolute Gasteiger partial charge is 0.131 e. The van der Waals surface area contributed by atoms with Crippen LogP contribution in [0, 0.1) is 11.6 Å². The number of aliphatic hydroxyl groups excluding tert-OH is 1. The van der Waals surface area contributed by atoms with Crippen LogP contribution in [0.15, 0.2) is 18.2 Å². The second-order valence-corrected chi connectivity index (χ2v) is 5.20. The minimum atomic E-state index is -0.971. The first kappa shape index (κ1) is 15.1. The van der Waals surface area contributed by atoms with E-state index in [-0.39, 0.29) is 17.6 Å². The summed E-state index contributed by atoms with van der Waals surface area (Å²) >= 11 is 0. The molecule has 0 aromatic heterocycles. The van der Waals surface area contributed by atoms with Gasteiger partial charge in [-0.2, -0.15) is 0 Å². The SMILES string of the molecule is CCCC(C)(C)NCC(O)c1ccc(F)cc1F. The molecule has 1 atom stereocenters. The average Bonchev–Trinajstić information content (AvgIpc) is 2.26. The first-order valence-electron chi connectivity index (χ1n) is 6.24. The van der Waals surface area contributed by atoms with E-state index >= 15 is 0 Å². The van der Waals surface area contributed by atoms with E-state index in [2.05, 4.69) is 12.2 Å². The zero-order valence-corrected chi connectivity index (χ0v) is 11.1. The van der Waals surface area contributed by atoms with Crippen LogP contribution in [0.1, 0.15) is 45.3 Å². The van der Waals surface area contributed by atoms with E-state index in [9.17, 15) is 13.9 Å². The van der Waals surface area contributed by atoms with Gasteiger partial charge in [-0.1, -0.05) is 19.4 Å². The van der Waals surface area contributed by atoms with Crippen LogP contribution < -0.4 is 5.32 Å². The first-order valence-corrected chi connectivity index (χ1v) is 6.24. The Labute approximate surface area is 107 Å². The zero-order valence-electron chi connectivity index (χ0n) is 11.1. The highest BCUT2D eigenvalue weighted by Crippen LogP contribution is 2.19. The molecule has 0 fully saturated rings. The normalized spacial score (nSPS) is 13.7. The fourth-order valence-corrected chi connectivity index (χ4v) is 1.97. The second-order valence-electron chi connectivity index (χ2n) is 5.20. The van der Waals surface area contributed by atoms with E-state index in [0.29, 0.717) is 0 Å². The number of benzene rings is 1. The number of hydrogen-bond acceptors (Lipinski definition) is 2. The van der Waals surface area contributed by atoms with Gasteiger partial charge < -0.3 is 10.4 Å². The highest BCUT2D eigenvalue weighted by atomic mass is 19.1. The maximum atomic E-state index is 13.4. The molecule has 0 aliphatic rings. The number of halogens is 2. The third-order valence-electron chi connectivity index (χ3n) is 2.97. The molecule has 4 heteroatoms. The minimum Gasteiger partial charge on any atom is -0.387 e. The molecular weight excluding hydrogens is 236 g/mol. The maximum absolute atomic E-state index is 13.4. The Balaban J connectivity index is 2.63. The van der Waals surface area contributed by atoms with Crippen molar-refractivity contribution in [3.63, 3.8) is 0 Å². The van der Waals surface area contributed by atoms with E-state index in [1.165, 1.54) is 6.07 Å². The summed E-state index contributed by atoms with van der Waals surface area (Å²) in [6, 6.07) is 3.22. The molecule has 0 radical (unpaired) electrons. The van der Waals surface area contributed by atoms with Crippen molar-refractivity contribution in [1.82, 2.24) is 5.32 Å². The van der Waals surface area contributed by atoms with E-state index in [1.807, 2.05) is 13.8 Å². The summed E-state index contributed by atoms with van der Waals surface area (Å²) in [5.74, 6) is -1.35. The van der Waals surface area contributed by atoms with Crippen molar-refractivity contribution in [3.05, 3.63) is 35.4 Å². The van der Waals surface area contributed by atoms with Gasteiger partial charge in [0.25, 0.3) is 0 Å². The van der Waals surface area contributed by atoms with Crippen molar-refractivity contribution in [2.45, 2.75) is 45.3 Å². The Bertz CT molecular complexity index is 393. The Kier molecular flexibility index (Phi) is 5.23. The third kappa shape index (κ3) is 4.35. The van der Waals surface area contributed by atoms with Crippen LogP contribution in [-0.2, 0) is 0 Å². The average molecular weight is 257 g/mol. The lowest BCUT2D eigenvalue weighted by molar-refractivity contribution is 0.155. The van der Waals surface area contributed by atoms with Crippen molar-refractivity contribution in [2.75, 3.05) is 6.54 Å². The number of nitrogens with one attached hydrogen (secondary N) is 1. The number of β-amino-alcohol motifs (C(OH)–C–C–N with tert-alkyl or cyclic N) is 1. The fraction of sp³-hybridized carbons (Fsp3) is 0.571. The molecule has 0 amide bonds. The van der Waals surface area contributed by atoms with Crippen LogP contribution in [0.2, 0.25) is 0 Å². The molecule has 2 N–H and O–H groups in total. The lowest BCUT2D eigenvalue weighted by Crippen LogP contribution is -2.41. The molecule has 1 aromatic carbocycles. The van der Waals surface area contributed by atoms with E-state index in [1.54, 1.807) is 0 Å². The van der Waals surface area contributed by atoms with Gasteiger partial charge in [0.05, 0.1) is 6.10 Å². The summed E-state index contributed by atoms with van der Waals surface area (Å²) < 4.78 is 26.2. The van der Waals surface area contributed by atoms with E-state index < -0.39 is 17.7 Å². The van der Waals surface area contributed by atoms with Gasteiger partial charge in [0.2, 0.25) is 0 Å². The summed E-state index contributed by atoms with van der Waals surface area (Å²) in [6.45, 7) is 6.39. The molecular formula is C14H21F2NO. The van der Waals surface area contributed by atoms with Crippen LogP contribution in [0.25, 0.3) is 0 Å². The molecule has 0 aliphatic heterocycles. The first-order chi connectivity index (χ1) is 8.35. The monoisotopic (exact) mass is 257 g/mol. The van der Waals surface area contributed by atoms with Gasteiger partial charge in [-0.15, -0.1) is 0 Å². The second kappa shape index (κ2) is 6.25. The van der Waals surface area contributed by atoms with Crippen LogP contribution in [0.4, 0.5) is 8.78 Å². The topological polar surface area (TPSA) is 32.3 Å². The quantitative estimate of drug-likeness (QED) is 0.820. The Hall–Kier alpha value is -1.00. The summed E-state index contributed by atoms with van der Waals surface area (Å²) in [4.78, 5) is 0.